The molecule has 0 amide bonds. The smallest absolute Gasteiger partial charge is 0.315 e. The number of halogens is 3. The Morgan fingerprint density at radius 2 is 2.21 bits per heavy atom. The first-order valence-corrected chi connectivity index (χ1v) is 5.71. The van der Waals surface area contributed by atoms with Crippen molar-refractivity contribution in [3.8, 4) is 0 Å². The summed E-state index contributed by atoms with van der Waals surface area (Å²) in [7, 11) is 0. The molecule has 1 rings (SSSR count). The first-order chi connectivity index (χ1) is 6.58. The fourth-order valence-corrected chi connectivity index (χ4v) is 1.91. The van der Waals surface area contributed by atoms with Crippen LogP contribution in [0.3, 0.4) is 0 Å². The lowest BCUT2D eigenvalue weighted by Gasteiger charge is -2.23. The molecule has 14 heavy (non-hydrogen) atoms. The summed E-state index contributed by atoms with van der Waals surface area (Å²) in [6.45, 7) is 2.32. The van der Waals surface area contributed by atoms with E-state index in [1.165, 1.54) is 0 Å². The van der Waals surface area contributed by atoms with Crippen molar-refractivity contribution in [2.24, 2.45) is 0 Å². The van der Waals surface area contributed by atoms with Crippen molar-refractivity contribution in [2.75, 3.05) is 25.4 Å². The number of piperidine rings is 1. The van der Waals surface area contributed by atoms with Gasteiger partial charge in [0.2, 0.25) is 0 Å². The molecule has 1 aliphatic rings. The number of alkyl halides is 3. The van der Waals surface area contributed by atoms with Crippen LogP contribution in [0.2, 0.25) is 0 Å². The molecular formula is C8H15F3N2S. The van der Waals surface area contributed by atoms with Crippen molar-refractivity contribution < 1.29 is 13.2 Å². The minimum atomic E-state index is -4.09. The SMILES string of the molecule is FC(F)(F)SCCNC1CCCNC1. The summed E-state index contributed by atoms with van der Waals surface area (Å²) in [6, 6.07) is 0.345. The first kappa shape index (κ1) is 12.1. The van der Waals surface area contributed by atoms with Gasteiger partial charge < -0.3 is 10.6 Å². The van der Waals surface area contributed by atoms with Crippen LogP contribution in [-0.4, -0.2) is 36.9 Å². The van der Waals surface area contributed by atoms with Gasteiger partial charge in [0.1, 0.15) is 0 Å². The number of rotatable bonds is 4. The quantitative estimate of drug-likeness (QED) is 0.714. The van der Waals surface area contributed by atoms with Gasteiger partial charge in [-0.3, -0.25) is 0 Å². The van der Waals surface area contributed by atoms with Gasteiger partial charge in [-0.15, -0.1) is 0 Å². The summed E-state index contributed by atoms with van der Waals surface area (Å²) in [5, 5.41) is 6.31. The second-order valence-electron chi connectivity index (χ2n) is 3.29. The standard InChI is InChI=1S/C8H15F3N2S/c9-8(10,11)14-5-4-13-7-2-1-3-12-6-7/h7,12-13H,1-6H2. The highest BCUT2D eigenvalue weighted by Crippen LogP contribution is 2.29. The lowest BCUT2D eigenvalue weighted by molar-refractivity contribution is -0.0327. The van der Waals surface area contributed by atoms with E-state index in [0.29, 0.717) is 12.6 Å². The van der Waals surface area contributed by atoms with Gasteiger partial charge in [-0.2, -0.15) is 13.2 Å². The van der Waals surface area contributed by atoms with E-state index in [0.717, 1.165) is 25.9 Å². The molecule has 0 bridgehead atoms. The van der Waals surface area contributed by atoms with Gasteiger partial charge in [0.05, 0.1) is 0 Å². The Morgan fingerprint density at radius 3 is 2.79 bits per heavy atom. The van der Waals surface area contributed by atoms with Crippen LogP contribution in [-0.2, 0) is 0 Å². The molecule has 2 nitrogen and oxygen atoms in total. The molecule has 0 aliphatic carbocycles. The van der Waals surface area contributed by atoms with E-state index in [1.54, 1.807) is 0 Å². The van der Waals surface area contributed by atoms with E-state index in [9.17, 15) is 13.2 Å². The molecule has 1 fully saturated rings. The van der Waals surface area contributed by atoms with E-state index < -0.39 is 5.51 Å². The van der Waals surface area contributed by atoms with Crippen LogP contribution in [0.4, 0.5) is 13.2 Å². The van der Waals surface area contributed by atoms with Gasteiger partial charge in [-0.1, -0.05) is 0 Å². The van der Waals surface area contributed by atoms with Crippen LogP contribution in [0, 0.1) is 0 Å². The first-order valence-electron chi connectivity index (χ1n) is 4.73. The van der Waals surface area contributed by atoms with E-state index >= 15 is 0 Å². The molecule has 6 heteroatoms. The molecule has 0 spiro atoms. The second kappa shape index (κ2) is 5.82. The van der Waals surface area contributed by atoms with Gasteiger partial charge in [0, 0.05) is 24.9 Å². The van der Waals surface area contributed by atoms with Gasteiger partial charge in [0.15, 0.2) is 0 Å². The van der Waals surface area contributed by atoms with E-state index in [-0.39, 0.29) is 17.5 Å². The summed E-state index contributed by atoms with van der Waals surface area (Å²) in [5.74, 6) is 0.0972. The zero-order chi connectivity index (χ0) is 10.4. The Morgan fingerprint density at radius 1 is 1.43 bits per heavy atom. The lowest BCUT2D eigenvalue weighted by Crippen LogP contribution is -2.43. The molecule has 1 aliphatic heterocycles. The Labute approximate surface area is 86.0 Å². The van der Waals surface area contributed by atoms with Gasteiger partial charge in [-0.05, 0) is 31.1 Å². The minimum Gasteiger partial charge on any atom is -0.315 e. The molecule has 1 heterocycles. The van der Waals surface area contributed by atoms with Gasteiger partial charge in [-0.25, -0.2) is 0 Å². The normalized spacial score (nSPS) is 23.8. The van der Waals surface area contributed by atoms with Gasteiger partial charge in [0.25, 0.3) is 0 Å². The minimum absolute atomic E-state index is 0.0392. The van der Waals surface area contributed by atoms with E-state index in [4.69, 9.17) is 0 Å². The summed E-state index contributed by atoms with van der Waals surface area (Å²) >= 11 is 0.0392. The Bertz CT molecular complexity index is 157. The van der Waals surface area contributed by atoms with Crippen molar-refractivity contribution in [1.82, 2.24) is 10.6 Å². The third-order valence-corrected chi connectivity index (χ3v) is 2.83. The highest BCUT2D eigenvalue weighted by atomic mass is 32.2. The Balaban J connectivity index is 1.97. The number of nitrogens with one attached hydrogen (secondary N) is 2. The maximum Gasteiger partial charge on any atom is 0.441 e. The molecule has 0 aromatic carbocycles. The van der Waals surface area contributed by atoms with Crippen molar-refractivity contribution in [1.29, 1.82) is 0 Å². The van der Waals surface area contributed by atoms with Crippen molar-refractivity contribution >= 4 is 11.8 Å². The van der Waals surface area contributed by atoms with Crippen LogP contribution in [0.25, 0.3) is 0 Å². The van der Waals surface area contributed by atoms with E-state index in [2.05, 4.69) is 10.6 Å². The molecule has 1 saturated heterocycles. The molecular weight excluding hydrogens is 213 g/mol. The zero-order valence-corrected chi connectivity index (χ0v) is 8.68. The van der Waals surface area contributed by atoms with Gasteiger partial charge >= 0.3 is 5.51 Å². The average molecular weight is 228 g/mol. The van der Waals surface area contributed by atoms with E-state index in [1.807, 2.05) is 0 Å². The highest BCUT2D eigenvalue weighted by molar-refractivity contribution is 8.00. The molecule has 0 saturated carbocycles. The third-order valence-electron chi connectivity index (χ3n) is 2.10. The topological polar surface area (TPSA) is 24.1 Å². The molecule has 1 unspecified atom stereocenters. The monoisotopic (exact) mass is 228 g/mol. The van der Waals surface area contributed by atoms with Crippen LogP contribution in [0.1, 0.15) is 12.8 Å². The highest BCUT2D eigenvalue weighted by Gasteiger charge is 2.27. The molecule has 0 aromatic rings. The maximum atomic E-state index is 11.7. The number of hydrogen-bond acceptors (Lipinski definition) is 3. The summed E-state index contributed by atoms with van der Waals surface area (Å²) in [6.07, 6.45) is 2.16. The fraction of sp³-hybridized carbons (Fsp3) is 1.00. The van der Waals surface area contributed by atoms with Crippen molar-refractivity contribution in [3.05, 3.63) is 0 Å². The van der Waals surface area contributed by atoms with Crippen LogP contribution < -0.4 is 10.6 Å². The summed E-state index contributed by atoms with van der Waals surface area (Å²) < 4.78 is 35.2. The fourth-order valence-electron chi connectivity index (χ4n) is 1.46. The van der Waals surface area contributed by atoms with Crippen LogP contribution in [0.5, 0.6) is 0 Å². The predicted molar refractivity (Wildman–Crippen MR) is 52.4 cm³/mol. The Hall–Kier alpha value is 0.0600. The molecule has 0 radical (unpaired) electrons. The largest absolute Gasteiger partial charge is 0.441 e. The maximum absolute atomic E-state index is 11.7. The lowest BCUT2D eigenvalue weighted by atomic mass is 10.1. The average Bonchev–Trinajstić information content (AvgIpc) is 2.13. The molecule has 0 aromatic heterocycles. The predicted octanol–water partition coefficient (Wildman–Crippen LogP) is 1.58. The third kappa shape index (κ3) is 5.72. The number of hydrogen-bond donors (Lipinski definition) is 2. The Kier molecular flexibility index (Phi) is 5.05. The molecule has 84 valence electrons. The molecule has 1 atom stereocenters. The summed E-state index contributed by atoms with van der Waals surface area (Å²) in [5.41, 5.74) is -4.09. The molecule has 2 N–H and O–H groups in total. The van der Waals surface area contributed by atoms with Crippen LogP contribution >= 0.6 is 11.8 Å². The zero-order valence-electron chi connectivity index (χ0n) is 7.86. The van der Waals surface area contributed by atoms with Crippen molar-refractivity contribution in [2.45, 2.75) is 24.4 Å². The number of thioether (sulfide) groups is 1. The van der Waals surface area contributed by atoms with Crippen LogP contribution in [0.15, 0.2) is 0 Å². The summed E-state index contributed by atoms with van der Waals surface area (Å²) in [4.78, 5) is 0. The second-order valence-corrected chi connectivity index (χ2v) is 4.45. The van der Waals surface area contributed by atoms with Crippen molar-refractivity contribution in [3.63, 3.8) is 0 Å².